The Balaban J connectivity index is 1.48. The second kappa shape index (κ2) is 19.0. The highest BCUT2D eigenvalue weighted by Gasteiger charge is 2.06. The minimum Gasteiger partial charge on any atom is -0.505 e. The number of halogens is 2. The van der Waals surface area contributed by atoms with E-state index in [1.54, 1.807) is 12.1 Å². The van der Waals surface area contributed by atoms with E-state index in [9.17, 15) is 5.11 Å². The number of benzene rings is 2. The number of hydrogen-bond donors (Lipinski definition) is 2. The molecule has 0 heterocycles. The van der Waals surface area contributed by atoms with E-state index in [4.69, 9.17) is 32.8 Å². The van der Waals surface area contributed by atoms with Crippen LogP contribution in [0.3, 0.4) is 0 Å². The summed E-state index contributed by atoms with van der Waals surface area (Å²) in [7, 11) is 0.0884. The molecule has 2 aromatic rings. The quantitative estimate of drug-likeness (QED) is 0.0575. The maximum Gasteiger partial charge on any atom is 0.166 e. The van der Waals surface area contributed by atoms with Gasteiger partial charge in [0.15, 0.2) is 11.5 Å². The van der Waals surface area contributed by atoms with Gasteiger partial charge >= 0.3 is 0 Å². The number of anilines is 1. The molecule has 0 saturated carbocycles. The maximum absolute atomic E-state index is 9.61. The highest BCUT2D eigenvalue weighted by Crippen LogP contribution is 2.35. The first-order chi connectivity index (χ1) is 17.1. The smallest absolute Gasteiger partial charge is 0.166 e. The van der Waals surface area contributed by atoms with Gasteiger partial charge in [-0.05, 0) is 42.7 Å². The van der Waals surface area contributed by atoms with E-state index in [1.807, 2.05) is 12.1 Å². The van der Waals surface area contributed by atoms with E-state index in [-0.39, 0.29) is 24.6 Å². The summed E-state index contributed by atoms with van der Waals surface area (Å²) < 4.78 is 5.35. The fourth-order valence-electron chi connectivity index (χ4n) is 4.01. The van der Waals surface area contributed by atoms with E-state index in [0.29, 0.717) is 12.0 Å². The highest BCUT2D eigenvalue weighted by atomic mass is 35.5. The molecule has 2 rings (SSSR count). The van der Waals surface area contributed by atoms with Crippen LogP contribution in [0.4, 0.5) is 5.69 Å². The summed E-state index contributed by atoms with van der Waals surface area (Å²) >= 11 is 11.9. The van der Waals surface area contributed by atoms with Crippen LogP contribution in [0.25, 0.3) is 0 Å². The van der Waals surface area contributed by atoms with Crippen LogP contribution in [0.2, 0.25) is 10.0 Å². The van der Waals surface area contributed by atoms with Crippen molar-refractivity contribution < 1.29 is 14.7 Å². The predicted octanol–water partition coefficient (Wildman–Crippen LogP) is 10.3. The van der Waals surface area contributed by atoms with E-state index >= 15 is 0 Å². The van der Waals surface area contributed by atoms with E-state index in [1.165, 1.54) is 89.0 Å². The number of phenolic OH excluding ortho intramolecular Hbond substituents is 1. The summed E-state index contributed by atoms with van der Waals surface area (Å²) in [5.74, 6) is 0.611. The molecule has 1 unspecified atom stereocenters. The summed E-state index contributed by atoms with van der Waals surface area (Å²) in [4.78, 5) is 5.45. The molecule has 0 amide bonds. The van der Waals surface area contributed by atoms with Crippen LogP contribution in [0.1, 0.15) is 96.0 Å². The number of nitrogens with one attached hydrogen (secondary N) is 1. The molecule has 1 atom stereocenters. The minimum absolute atomic E-state index is 0.0884. The van der Waals surface area contributed by atoms with Crippen LogP contribution < -0.4 is 10.2 Å². The molecule has 0 fully saturated rings. The number of phenols is 1. The molecule has 35 heavy (non-hydrogen) atoms. The molecule has 2 aromatic carbocycles. The molecule has 7 heteroatoms. The SMILES string of the molecule is CCCCCCCCCCCCCCCc1cccc(OOPCNc2cc(Cl)c(O)c(Cl)c2)c1. The monoisotopic (exact) mass is 541 g/mol. The second-order valence-corrected chi connectivity index (χ2v) is 10.7. The van der Waals surface area contributed by atoms with E-state index in [0.717, 1.165) is 12.2 Å². The van der Waals surface area contributed by atoms with Gasteiger partial charge in [-0.25, -0.2) is 0 Å². The normalized spacial score (nSPS) is 11.4. The lowest BCUT2D eigenvalue weighted by Crippen LogP contribution is -1.98. The van der Waals surface area contributed by atoms with Crippen LogP contribution in [-0.2, 0) is 11.1 Å². The van der Waals surface area contributed by atoms with Crippen molar-refractivity contribution in [1.29, 1.82) is 0 Å². The third kappa shape index (κ3) is 13.6. The Bertz CT molecular complexity index is 815. The highest BCUT2D eigenvalue weighted by molar-refractivity contribution is 7.32. The Morgan fingerprint density at radius 1 is 0.800 bits per heavy atom. The average molecular weight is 543 g/mol. The maximum atomic E-state index is 9.61. The minimum atomic E-state index is -0.111. The van der Waals surface area contributed by atoms with Gasteiger partial charge in [-0.3, -0.25) is 0 Å². The number of unbranched alkanes of at least 4 members (excludes halogenated alkanes) is 12. The molecular formula is C28H42Cl2NO3P. The van der Waals surface area contributed by atoms with Gasteiger partial charge in [-0.15, -0.1) is 0 Å². The summed E-state index contributed by atoms with van der Waals surface area (Å²) in [6.45, 7) is 2.28. The molecule has 0 aliphatic rings. The Hall–Kier alpha value is -1.19. The lowest BCUT2D eigenvalue weighted by Gasteiger charge is -2.10. The standard InChI is InChI=1S/C28H42Cl2NO3P/c1-2-3-4-5-6-7-8-9-10-11-12-13-14-16-23-17-15-18-25(19-23)33-34-35-22-31-24-20-26(29)28(32)27(30)21-24/h15,17-21,31-32,35H,2-14,16,22H2,1H3. The summed E-state index contributed by atoms with van der Waals surface area (Å²) in [6.07, 6.45) is 19.4. The van der Waals surface area contributed by atoms with Gasteiger partial charge < -0.3 is 15.3 Å². The van der Waals surface area contributed by atoms with Crippen LogP contribution in [0.5, 0.6) is 11.5 Å². The zero-order chi connectivity index (χ0) is 25.1. The number of rotatable bonds is 20. The number of hydrogen-bond acceptors (Lipinski definition) is 4. The van der Waals surface area contributed by atoms with Crippen molar-refractivity contribution in [3.8, 4) is 11.5 Å². The second-order valence-electron chi connectivity index (χ2n) is 9.09. The van der Waals surface area contributed by atoms with Crippen molar-refractivity contribution >= 4 is 37.7 Å². The predicted molar refractivity (Wildman–Crippen MR) is 152 cm³/mol. The number of aryl methyl sites for hydroxylation is 1. The molecule has 0 aromatic heterocycles. The van der Waals surface area contributed by atoms with Crippen molar-refractivity contribution in [2.75, 3.05) is 11.6 Å². The van der Waals surface area contributed by atoms with Crippen LogP contribution >= 0.6 is 32.0 Å². The Kier molecular flexibility index (Phi) is 16.3. The van der Waals surface area contributed by atoms with Gasteiger partial charge in [-0.1, -0.05) is 119 Å². The van der Waals surface area contributed by atoms with E-state index < -0.39 is 0 Å². The van der Waals surface area contributed by atoms with Gasteiger partial charge in [0, 0.05) is 5.69 Å². The first kappa shape index (κ1) is 30.0. The summed E-state index contributed by atoms with van der Waals surface area (Å²) in [5.41, 5.74) is 2.00. The fraction of sp³-hybridized carbons (Fsp3) is 0.571. The zero-order valence-electron chi connectivity index (χ0n) is 21.1. The lowest BCUT2D eigenvalue weighted by molar-refractivity contribution is -0.0840. The molecule has 0 saturated heterocycles. The van der Waals surface area contributed by atoms with Crippen molar-refractivity contribution in [2.45, 2.75) is 96.8 Å². The molecule has 0 bridgehead atoms. The molecule has 0 aliphatic carbocycles. The molecule has 2 N–H and O–H groups in total. The molecule has 0 radical (unpaired) electrons. The largest absolute Gasteiger partial charge is 0.505 e. The zero-order valence-corrected chi connectivity index (χ0v) is 23.6. The average Bonchev–Trinajstić information content (AvgIpc) is 2.85. The Morgan fingerprint density at radius 2 is 1.37 bits per heavy atom. The molecular weight excluding hydrogens is 500 g/mol. The first-order valence-electron chi connectivity index (χ1n) is 13.2. The van der Waals surface area contributed by atoms with Gasteiger partial charge in [0.1, 0.15) is 0 Å². The van der Waals surface area contributed by atoms with Gasteiger partial charge in [0.25, 0.3) is 0 Å². The Morgan fingerprint density at radius 3 is 1.97 bits per heavy atom. The fourth-order valence-corrected chi connectivity index (χ4v) is 4.99. The van der Waals surface area contributed by atoms with Gasteiger partial charge in [-0.2, -0.15) is 4.67 Å². The topological polar surface area (TPSA) is 50.7 Å². The third-order valence-corrected chi connectivity index (χ3v) is 7.14. The Labute approximate surface area is 223 Å². The third-order valence-electron chi connectivity index (χ3n) is 6.05. The van der Waals surface area contributed by atoms with Crippen LogP contribution in [0.15, 0.2) is 36.4 Å². The van der Waals surface area contributed by atoms with Crippen LogP contribution in [-0.4, -0.2) is 11.4 Å². The van der Waals surface area contributed by atoms with Crippen molar-refractivity contribution in [3.05, 3.63) is 52.0 Å². The van der Waals surface area contributed by atoms with Gasteiger partial charge in [0.05, 0.1) is 25.1 Å². The van der Waals surface area contributed by atoms with Crippen molar-refractivity contribution in [2.24, 2.45) is 0 Å². The van der Waals surface area contributed by atoms with Gasteiger partial charge in [0.2, 0.25) is 0 Å². The van der Waals surface area contributed by atoms with Crippen molar-refractivity contribution in [3.63, 3.8) is 0 Å². The molecule has 0 aliphatic heterocycles. The molecule has 0 spiro atoms. The lowest BCUT2D eigenvalue weighted by atomic mass is 10.0. The summed E-state index contributed by atoms with van der Waals surface area (Å²) in [5, 5.41) is 13.2. The number of aromatic hydroxyl groups is 1. The molecule has 196 valence electrons. The van der Waals surface area contributed by atoms with E-state index in [2.05, 4.69) is 24.4 Å². The first-order valence-corrected chi connectivity index (χ1v) is 15.0. The molecule has 4 nitrogen and oxygen atoms in total. The van der Waals surface area contributed by atoms with Crippen LogP contribution in [0, 0.1) is 0 Å². The summed E-state index contributed by atoms with van der Waals surface area (Å²) in [6, 6.07) is 11.4. The van der Waals surface area contributed by atoms with Crippen molar-refractivity contribution in [1.82, 2.24) is 0 Å².